The highest BCUT2D eigenvalue weighted by Crippen LogP contribution is 2.37. The number of hydrogen-bond donors (Lipinski definition) is 3. The maximum Gasteiger partial charge on any atom is 0.229 e. The molecule has 136 valence electrons. The van der Waals surface area contributed by atoms with E-state index in [1.807, 2.05) is 31.3 Å². The summed E-state index contributed by atoms with van der Waals surface area (Å²) in [5.74, 6) is 1.74. The highest BCUT2D eigenvalue weighted by atomic mass is 35.5. The summed E-state index contributed by atoms with van der Waals surface area (Å²) in [6, 6.07) is 5.47. The molecule has 2 heterocycles. The molecule has 0 amide bonds. The third-order valence-electron chi connectivity index (χ3n) is 3.76. The number of aromatic nitrogens is 4. The van der Waals surface area contributed by atoms with Gasteiger partial charge in [0.1, 0.15) is 17.3 Å². The van der Waals surface area contributed by atoms with Gasteiger partial charge in [0.05, 0.1) is 24.0 Å². The Labute approximate surface area is 156 Å². The summed E-state index contributed by atoms with van der Waals surface area (Å²) in [6.45, 7) is 2.29. The summed E-state index contributed by atoms with van der Waals surface area (Å²) in [5.41, 5.74) is 8.64. The number of rotatable bonds is 6. The van der Waals surface area contributed by atoms with Crippen LogP contribution in [0.3, 0.4) is 0 Å². The Morgan fingerprint density at radius 2 is 2.12 bits per heavy atom. The minimum absolute atomic E-state index is 0.391. The summed E-state index contributed by atoms with van der Waals surface area (Å²) in [5, 5.41) is 10.9. The van der Waals surface area contributed by atoms with Crippen LogP contribution < -0.4 is 21.1 Å². The van der Waals surface area contributed by atoms with E-state index in [1.165, 1.54) is 0 Å². The normalized spacial score (nSPS) is 10.7. The molecule has 0 bridgehead atoms. The van der Waals surface area contributed by atoms with Gasteiger partial charge in [0.25, 0.3) is 0 Å². The van der Waals surface area contributed by atoms with Crippen LogP contribution >= 0.6 is 11.6 Å². The van der Waals surface area contributed by atoms with Gasteiger partial charge in [0.2, 0.25) is 5.95 Å². The van der Waals surface area contributed by atoms with Gasteiger partial charge in [0.15, 0.2) is 0 Å². The van der Waals surface area contributed by atoms with Crippen molar-refractivity contribution in [2.45, 2.75) is 13.5 Å². The van der Waals surface area contributed by atoms with Gasteiger partial charge in [-0.1, -0.05) is 11.6 Å². The molecule has 0 aliphatic carbocycles. The van der Waals surface area contributed by atoms with Crippen LogP contribution in [0.5, 0.6) is 5.75 Å². The summed E-state index contributed by atoms with van der Waals surface area (Å²) in [4.78, 5) is 8.78. The van der Waals surface area contributed by atoms with Crippen molar-refractivity contribution in [2.75, 3.05) is 24.8 Å². The number of nitrogens with one attached hydrogen (secondary N) is 2. The van der Waals surface area contributed by atoms with E-state index in [9.17, 15) is 0 Å². The van der Waals surface area contributed by atoms with E-state index in [-0.39, 0.29) is 0 Å². The minimum atomic E-state index is 0.391. The van der Waals surface area contributed by atoms with Crippen molar-refractivity contribution < 1.29 is 4.74 Å². The third kappa shape index (κ3) is 3.56. The molecule has 4 N–H and O–H groups in total. The highest BCUT2D eigenvalue weighted by Gasteiger charge is 2.16. The lowest BCUT2D eigenvalue weighted by Crippen LogP contribution is -2.05. The average molecular weight is 374 g/mol. The molecule has 2 aromatic heterocycles. The second-order valence-electron chi connectivity index (χ2n) is 5.57. The highest BCUT2D eigenvalue weighted by molar-refractivity contribution is 6.35. The molecule has 0 fully saturated rings. The van der Waals surface area contributed by atoms with Crippen molar-refractivity contribution >= 4 is 29.1 Å². The summed E-state index contributed by atoms with van der Waals surface area (Å²) >= 11 is 6.64. The van der Waals surface area contributed by atoms with Gasteiger partial charge in [0, 0.05) is 37.1 Å². The zero-order valence-electron chi connectivity index (χ0n) is 14.7. The van der Waals surface area contributed by atoms with Crippen LogP contribution in [0.25, 0.3) is 5.69 Å². The van der Waals surface area contributed by atoms with Crippen LogP contribution in [0, 0.1) is 6.92 Å². The van der Waals surface area contributed by atoms with Gasteiger partial charge in [-0.15, -0.1) is 0 Å². The van der Waals surface area contributed by atoms with Gasteiger partial charge in [-0.25, -0.2) is 9.67 Å². The van der Waals surface area contributed by atoms with Crippen molar-refractivity contribution in [3.8, 4) is 11.4 Å². The number of benzene rings is 1. The second-order valence-corrected chi connectivity index (χ2v) is 5.95. The Balaban J connectivity index is 2.04. The second kappa shape index (κ2) is 7.59. The van der Waals surface area contributed by atoms with Crippen molar-refractivity contribution in [2.24, 2.45) is 5.73 Å². The predicted molar refractivity (Wildman–Crippen MR) is 103 cm³/mol. The standard InChI is InChI=1S/C17H20ClN7O/c1-10-6-14(20-2)24-17(22-10)23-12-4-5-13(26-3)16(15(12)18)25-9-11(7-19)8-21-25/h4-6,8-9H,7,19H2,1-3H3,(H2,20,22,23,24). The Bertz CT molecular complexity index is 925. The first-order valence-electron chi connectivity index (χ1n) is 7.96. The quantitative estimate of drug-likeness (QED) is 0.610. The number of aryl methyl sites for hydroxylation is 1. The Hall–Kier alpha value is -2.84. The zero-order chi connectivity index (χ0) is 18.7. The molecule has 3 rings (SSSR count). The number of nitrogens with zero attached hydrogens (tertiary/aromatic N) is 4. The van der Waals surface area contributed by atoms with Crippen LogP contribution in [0.4, 0.5) is 17.5 Å². The summed E-state index contributed by atoms with van der Waals surface area (Å²) in [7, 11) is 3.38. The number of ether oxygens (including phenoxy) is 1. The van der Waals surface area contributed by atoms with E-state index in [2.05, 4.69) is 25.7 Å². The molecule has 0 spiro atoms. The third-order valence-corrected chi connectivity index (χ3v) is 4.14. The van der Waals surface area contributed by atoms with Crippen LogP contribution in [-0.4, -0.2) is 33.9 Å². The smallest absolute Gasteiger partial charge is 0.229 e. The molecule has 9 heteroatoms. The van der Waals surface area contributed by atoms with E-state index in [4.69, 9.17) is 22.1 Å². The van der Waals surface area contributed by atoms with E-state index >= 15 is 0 Å². The first-order valence-corrected chi connectivity index (χ1v) is 8.34. The lowest BCUT2D eigenvalue weighted by Gasteiger charge is -2.15. The molecule has 0 saturated heterocycles. The minimum Gasteiger partial charge on any atom is -0.494 e. The van der Waals surface area contributed by atoms with Crippen LogP contribution in [0.1, 0.15) is 11.3 Å². The monoisotopic (exact) mass is 373 g/mol. The SMILES string of the molecule is CNc1cc(C)nc(Nc2ccc(OC)c(-n3cc(CN)cn3)c2Cl)n1. The Kier molecular flexibility index (Phi) is 5.24. The van der Waals surface area contributed by atoms with Crippen LogP contribution in [-0.2, 0) is 6.54 Å². The summed E-state index contributed by atoms with van der Waals surface area (Å²) < 4.78 is 7.08. The van der Waals surface area contributed by atoms with Gasteiger partial charge >= 0.3 is 0 Å². The molecule has 8 nitrogen and oxygen atoms in total. The molecule has 0 atom stereocenters. The first-order chi connectivity index (χ1) is 12.5. The zero-order valence-corrected chi connectivity index (χ0v) is 15.5. The molecule has 0 radical (unpaired) electrons. The van der Waals surface area contributed by atoms with Crippen LogP contribution in [0.15, 0.2) is 30.6 Å². The molecular weight excluding hydrogens is 354 g/mol. The van der Waals surface area contributed by atoms with Gasteiger partial charge in [-0.3, -0.25) is 0 Å². The molecule has 0 saturated carbocycles. The maximum atomic E-state index is 6.64. The predicted octanol–water partition coefficient (Wildman–Crippen LogP) is 2.88. The van der Waals surface area contributed by atoms with Gasteiger partial charge in [-0.05, 0) is 19.1 Å². The number of anilines is 3. The average Bonchev–Trinajstić information content (AvgIpc) is 3.11. The molecule has 0 aliphatic heterocycles. The topological polar surface area (TPSA) is 103 Å². The number of nitrogens with two attached hydrogens (primary N) is 1. The Morgan fingerprint density at radius 1 is 1.31 bits per heavy atom. The van der Waals surface area contributed by atoms with Crippen molar-refractivity contribution in [1.82, 2.24) is 19.7 Å². The molecule has 0 aliphatic rings. The number of methoxy groups -OCH3 is 1. The Morgan fingerprint density at radius 3 is 2.77 bits per heavy atom. The largest absolute Gasteiger partial charge is 0.494 e. The fraction of sp³-hybridized carbons (Fsp3) is 0.235. The van der Waals surface area contributed by atoms with Crippen molar-refractivity contribution in [1.29, 1.82) is 0 Å². The van der Waals surface area contributed by atoms with E-state index in [0.717, 1.165) is 11.3 Å². The van der Waals surface area contributed by atoms with Gasteiger partial charge in [-0.2, -0.15) is 10.1 Å². The molecular formula is C17H20ClN7O. The van der Waals surface area contributed by atoms with E-state index in [1.54, 1.807) is 25.0 Å². The number of hydrogen-bond acceptors (Lipinski definition) is 7. The first kappa shape index (κ1) is 18.0. The van der Waals surface area contributed by atoms with E-state index < -0.39 is 0 Å². The van der Waals surface area contributed by atoms with Crippen molar-refractivity contribution in [3.05, 3.63) is 46.9 Å². The maximum absolute atomic E-state index is 6.64. The molecule has 3 aromatic rings. The fourth-order valence-electron chi connectivity index (χ4n) is 2.48. The molecule has 26 heavy (non-hydrogen) atoms. The lowest BCUT2D eigenvalue weighted by atomic mass is 10.2. The van der Waals surface area contributed by atoms with Crippen LogP contribution in [0.2, 0.25) is 5.02 Å². The van der Waals surface area contributed by atoms with Crippen molar-refractivity contribution in [3.63, 3.8) is 0 Å². The number of halogens is 1. The lowest BCUT2D eigenvalue weighted by molar-refractivity contribution is 0.412. The van der Waals surface area contributed by atoms with E-state index in [0.29, 0.717) is 40.5 Å². The van der Waals surface area contributed by atoms with Gasteiger partial charge < -0.3 is 21.1 Å². The summed E-state index contributed by atoms with van der Waals surface area (Å²) in [6.07, 6.45) is 3.51. The molecule has 0 unspecified atom stereocenters. The fourth-order valence-corrected chi connectivity index (χ4v) is 2.77. The molecule has 1 aromatic carbocycles.